The molecule has 3 aromatic heterocycles. The predicted molar refractivity (Wildman–Crippen MR) is 144 cm³/mol. The normalized spacial score (nSPS) is 15.5. The van der Waals surface area contributed by atoms with Crippen LogP contribution in [0.25, 0.3) is 27.6 Å². The molecule has 196 valence electrons. The van der Waals surface area contributed by atoms with E-state index >= 15 is 4.39 Å². The van der Waals surface area contributed by atoms with Gasteiger partial charge in [-0.1, -0.05) is 23.4 Å². The number of rotatable bonds is 5. The lowest BCUT2D eigenvalue weighted by atomic mass is 10.0. The van der Waals surface area contributed by atoms with Crippen LogP contribution in [-0.4, -0.2) is 55.9 Å². The molecule has 6 rings (SSSR count). The van der Waals surface area contributed by atoms with Crippen molar-refractivity contribution in [1.82, 2.24) is 30.3 Å². The molecule has 11 heteroatoms. The van der Waals surface area contributed by atoms with Gasteiger partial charge in [-0.25, -0.2) is 14.4 Å². The maximum atomic E-state index is 15.7. The van der Waals surface area contributed by atoms with Crippen LogP contribution in [0.15, 0.2) is 60.8 Å². The highest BCUT2D eigenvalue weighted by atomic mass is 19.1. The molecule has 0 radical (unpaired) electrons. The van der Waals surface area contributed by atoms with Crippen LogP contribution in [0.4, 0.5) is 10.2 Å². The largest absolute Gasteiger partial charge is 0.364 e. The number of nitrogens with zero attached hydrogens (tertiary/aromatic N) is 6. The van der Waals surface area contributed by atoms with Crippen molar-refractivity contribution in [2.24, 2.45) is 5.73 Å². The fourth-order valence-electron chi connectivity index (χ4n) is 5.12. The molecule has 0 aliphatic carbocycles. The van der Waals surface area contributed by atoms with E-state index in [-0.39, 0.29) is 22.9 Å². The van der Waals surface area contributed by atoms with Gasteiger partial charge < -0.3 is 11.1 Å². The number of halogens is 1. The van der Waals surface area contributed by atoms with Gasteiger partial charge in [-0.05, 0) is 67.6 Å². The first-order valence-corrected chi connectivity index (χ1v) is 12.6. The topological polar surface area (TPSA) is 132 Å². The Morgan fingerprint density at radius 1 is 1.15 bits per heavy atom. The van der Waals surface area contributed by atoms with E-state index in [2.05, 4.69) is 25.6 Å². The molecule has 4 heterocycles. The smallest absolute Gasteiger partial charge is 0.267 e. The van der Waals surface area contributed by atoms with E-state index in [1.807, 2.05) is 31.2 Å². The van der Waals surface area contributed by atoms with Crippen LogP contribution in [0.1, 0.15) is 39.3 Å². The van der Waals surface area contributed by atoms with Gasteiger partial charge in [0.05, 0.1) is 17.3 Å². The van der Waals surface area contributed by atoms with Gasteiger partial charge in [0, 0.05) is 24.2 Å². The number of benzene rings is 2. The molecule has 10 nitrogen and oxygen atoms in total. The van der Waals surface area contributed by atoms with E-state index in [0.29, 0.717) is 23.6 Å². The van der Waals surface area contributed by atoms with Crippen molar-refractivity contribution >= 4 is 39.6 Å². The Morgan fingerprint density at radius 2 is 2.03 bits per heavy atom. The van der Waals surface area contributed by atoms with Gasteiger partial charge in [-0.15, -0.1) is 5.10 Å². The highest BCUT2D eigenvalue weighted by molar-refractivity contribution is 6.11. The molecule has 2 amide bonds. The number of carbonyl (C=O) groups excluding carboxylic acids is 2. The first-order valence-electron chi connectivity index (χ1n) is 12.6. The number of nitrogens with one attached hydrogen (secondary N) is 1. The number of fused-ring (bicyclic) bond motifs is 2. The second-order valence-corrected chi connectivity index (χ2v) is 9.55. The zero-order chi connectivity index (χ0) is 27.1. The van der Waals surface area contributed by atoms with Crippen LogP contribution in [0, 0.1) is 12.7 Å². The molecule has 0 unspecified atom stereocenters. The number of hydrogen-bond donors (Lipinski definition) is 2. The molecule has 1 aliphatic rings. The Bertz CT molecular complexity index is 1740. The fourth-order valence-corrected chi connectivity index (χ4v) is 5.12. The van der Waals surface area contributed by atoms with Crippen LogP contribution in [0.2, 0.25) is 0 Å². The molecular weight excluding hydrogens is 499 g/mol. The summed E-state index contributed by atoms with van der Waals surface area (Å²) in [7, 11) is 0. The average Bonchev–Trinajstić information content (AvgIpc) is 3.37. The second kappa shape index (κ2) is 9.84. The van der Waals surface area contributed by atoms with Gasteiger partial charge in [-0.3, -0.25) is 14.5 Å². The summed E-state index contributed by atoms with van der Waals surface area (Å²) >= 11 is 0. The lowest BCUT2D eigenvalue weighted by molar-refractivity contribution is 0.0965. The van der Waals surface area contributed by atoms with Crippen molar-refractivity contribution in [3.63, 3.8) is 0 Å². The standard InChI is InChI=1S/C28H25FN8O2/c1-16-4-2-5-17-11-13-32-27(24(16)17)36(19-6-3-12-31-15-19)28(39)20-8-7-18(14-21(20)29)37-26-23(34-35-37)10-9-22(33-26)25(30)38/h2,4-5,7-11,13-14,19,31H,3,6,12,15H2,1H3,(H2,30,38)/t19-/m1/s1. The Balaban J connectivity index is 1.43. The van der Waals surface area contributed by atoms with E-state index in [4.69, 9.17) is 5.73 Å². The summed E-state index contributed by atoms with van der Waals surface area (Å²) in [6.07, 6.45) is 3.33. The number of nitrogens with two attached hydrogens (primary N) is 1. The SMILES string of the molecule is Cc1cccc2ccnc(N(C(=O)c3ccc(-n4nnc5ccc(C(N)=O)nc54)cc3F)[C@@H]3CCCNC3)c12. The van der Waals surface area contributed by atoms with Crippen molar-refractivity contribution < 1.29 is 14.0 Å². The third-order valence-electron chi connectivity index (χ3n) is 7.04. The first kappa shape index (κ1) is 24.6. The van der Waals surface area contributed by atoms with E-state index in [9.17, 15) is 9.59 Å². The molecule has 2 aromatic carbocycles. The Labute approximate surface area is 222 Å². The molecule has 3 N–H and O–H groups in total. The van der Waals surface area contributed by atoms with Crippen molar-refractivity contribution in [1.29, 1.82) is 0 Å². The molecule has 1 aliphatic heterocycles. The van der Waals surface area contributed by atoms with Gasteiger partial charge in [0.15, 0.2) is 5.65 Å². The summed E-state index contributed by atoms with van der Waals surface area (Å²) in [5, 5.41) is 13.3. The lowest BCUT2D eigenvalue weighted by Crippen LogP contribution is -2.49. The first-order chi connectivity index (χ1) is 18.9. The molecule has 0 spiro atoms. The van der Waals surface area contributed by atoms with Crippen molar-refractivity contribution in [2.75, 3.05) is 18.0 Å². The van der Waals surface area contributed by atoms with Crippen LogP contribution in [0.5, 0.6) is 0 Å². The minimum Gasteiger partial charge on any atom is -0.364 e. The minimum atomic E-state index is -0.724. The third-order valence-corrected chi connectivity index (χ3v) is 7.04. The van der Waals surface area contributed by atoms with Gasteiger partial charge in [0.25, 0.3) is 11.8 Å². The lowest BCUT2D eigenvalue weighted by Gasteiger charge is -2.35. The van der Waals surface area contributed by atoms with Gasteiger partial charge in [-0.2, -0.15) is 4.68 Å². The average molecular weight is 525 g/mol. The molecule has 5 aromatic rings. The third kappa shape index (κ3) is 4.36. The van der Waals surface area contributed by atoms with Crippen LogP contribution < -0.4 is 16.0 Å². The van der Waals surface area contributed by atoms with E-state index in [1.54, 1.807) is 23.2 Å². The molecule has 1 atom stereocenters. The molecule has 1 fully saturated rings. The molecule has 0 saturated carbocycles. The van der Waals surface area contributed by atoms with Crippen molar-refractivity contribution in [3.8, 4) is 5.69 Å². The number of amides is 2. The van der Waals surface area contributed by atoms with E-state index < -0.39 is 17.6 Å². The Hall–Kier alpha value is -4.77. The number of aromatic nitrogens is 5. The van der Waals surface area contributed by atoms with Gasteiger partial charge in [0.1, 0.15) is 22.8 Å². The van der Waals surface area contributed by atoms with Crippen molar-refractivity contribution in [2.45, 2.75) is 25.8 Å². The summed E-state index contributed by atoms with van der Waals surface area (Å²) in [5.74, 6) is -1.39. The van der Waals surface area contributed by atoms with E-state index in [1.165, 1.54) is 22.9 Å². The molecular formula is C28H25FN8O2. The van der Waals surface area contributed by atoms with Crippen LogP contribution in [-0.2, 0) is 0 Å². The number of carbonyl (C=O) groups is 2. The monoisotopic (exact) mass is 524 g/mol. The predicted octanol–water partition coefficient (Wildman–Crippen LogP) is 3.31. The maximum Gasteiger partial charge on any atom is 0.267 e. The van der Waals surface area contributed by atoms with Crippen molar-refractivity contribution in [3.05, 3.63) is 83.4 Å². The number of aryl methyl sites for hydroxylation is 1. The highest BCUT2D eigenvalue weighted by Crippen LogP contribution is 2.32. The zero-order valence-corrected chi connectivity index (χ0v) is 21.1. The Kier molecular flexibility index (Phi) is 6.20. The van der Waals surface area contributed by atoms with Gasteiger partial charge in [0.2, 0.25) is 0 Å². The number of anilines is 1. The molecule has 39 heavy (non-hydrogen) atoms. The van der Waals surface area contributed by atoms with E-state index in [0.717, 1.165) is 35.7 Å². The van der Waals surface area contributed by atoms with Gasteiger partial charge >= 0.3 is 0 Å². The fraction of sp³-hybridized carbons (Fsp3) is 0.214. The summed E-state index contributed by atoms with van der Waals surface area (Å²) in [4.78, 5) is 36.1. The summed E-state index contributed by atoms with van der Waals surface area (Å²) in [6.45, 7) is 3.42. The Morgan fingerprint density at radius 3 is 2.79 bits per heavy atom. The number of piperidine rings is 1. The molecule has 0 bridgehead atoms. The summed E-state index contributed by atoms with van der Waals surface area (Å²) < 4.78 is 17.0. The summed E-state index contributed by atoms with van der Waals surface area (Å²) in [5.41, 5.74) is 7.24. The number of primary amides is 1. The highest BCUT2D eigenvalue weighted by Gasteiger charge is 2.32. The maximum absolute atomic E-state index is 15.7. The quantitative estimate of drug-likeness (QED) is 0.361. The zero-order valence-electron chi connectivity index (χ0n) is 21.1. The van der Waals surface area contributed by atoms with Crippen LogP contribution >= 0.6 is 0 Å². The minimum absolute atomic E-state index is 0.0351. The molecule has 1 saturated heterocycles. The summed E-state index contributed by atoms with van der Waals surface area (Å²) in [6, 6.07) is 14.8. The number of hydrogen-bond acceptors (Lipinski definition) is 7. The second-order valence-electron chi connectivity index (χ2n) is 9.55. The van der Waals surface area contributed by atoms with Crippen LogP contribution in [0.3, 0.4) is 0 Å². The number of pyridine rings is 2.